The van der Waals surface area contributed by atoms with Gasteiger partial charge in [0.2, 0.25) is 0 Å². The predicted octanol–water partition coefficient (Wildman–Crippen LogP) is 6.35. The number of benzene rings is 4. The van der Waals surface area contributed by atoms with Gasteiger partial charge in [0.25, 0.3) is 0 Å². The summed E-state index contributed by atoms with van der Waals surface area (Å²) >= 11 is 2.34. The highest BCUT2D eigenvalue weighted by Crippen LogP contribution is 2.42. The molecule has 0 aliphatic rings. The summed E-state index contributed by atoms with van der Waals surface area (Å²) in [7, 11) is 0. The van der Waals surface area contributed by atoms with Crippen molar-refractivity contribution in [3.05, 3.63) is 69.6 Å². The van der Waals surface area contributed by atoms with Crippen LogP contribution in [0.1, 0.15) is 0 Å². The fourth-order valence-electron chi connectivity index (χ4n) is 3.37. The SMILES string of the molecule is O=S(O)c1ccc2cc(Br)ccc2c1-c1c(S(=O)O)ccc2cc(Br)ccc12. The molecule has 0 saturated heterocycles. The maximum absolute atomic E-state index is 12.1. The lowest BCUT2D eigenvalue weighted by Crippen LogP contribution is -2.00. The van der Waals surface area contributed by atoms with E-state index in [0.29, 0.717) is 11.1 Å². The molecular formula is C20H12Br2O4S2. The molecule has 0 aromatic heterocycles. The van der Waals surface area contributed by atoms with Crippen LogP contribution in [0.5, 0.6) is 0 Å². The Balaban J connectivity index is 2.25. The molecule has 2 atom stereocenters. The topological polar surface area (TPSA) is 74.6 Å². The molecule has 0 aliphatic heterocycles. The summed E-state index contributed by atoms with van der Waals surface area (Å²) in [6.07, 6.45) is 0. The van der Waals surface area contributed by atoms with Crippen molar-refractivity contribution in [2.24, 2.45) is 0 Å². The van der Waals surface area contributed by atoms with Crippen molar-refractivity contribution in [1.29, 1.82) is 0 Å². The van der Waals surface area contributed by atoms with Crippen LogP contribution in [0.4, 0.5) is 0 Å². The Morgan fingerprint density at radius 3 is 1.36 bits per heavy atom. The molecule has 28 heavy (non-hydrogen) atoms. The van der Waals surface area contributed by atoms with Gasteiger partial charge in [-0.25, -0.2) is 8.42 Å². The third kappa shape index (κ3) is 3.49. The van der Waals surface area contributed by atoms with E-state index in [1.54, 1.807) is 24.3 Å². The van der Waals surface area contributed by atoms with Gasteiger partial charge in [-0.1, -0.05) is 56.1 Å². The summed E-state index contributed by atoms with van der Waals surface area (Å²) in [6, 6.07) is 17.9. The van der Waals surface area contributed by atoms with E-state index in [1.807, 2.05) is 36.4 Å². The summed E-state index contributed by atoms with van der Waals surface area (Å²) < 4.78 is 45.9. The zero-order valence-corrected chi connectivity index (χ0v) is 18.9. The van der Waals surface area contributed by atoms with Crippen molar-refractivity contribution >= 4 is 75.6 Å². The van der Waals surface area contributed by atoms with Gasteiger partial charge in [-0.2, -0.15) is 0 Å². The van der Waals surface area contributed by atoms with Crippen LogP contribution in [0.2, 0.25) is 0 Å². The average molecular weight is 540 g/mol. The Kier molecular flexibility index (Phi) is 5.52. The highest BCUT2D eigenvalue weighted by atomic mass is 79.9. The fourth-order valence-corrected chi connectivity index (χ4v) is 5.27. The van der Waals surface area contributed by atoms with E-state index in [-0.39, 0.29) is 9.79 Å². The molecule has 2 unspecified atom stereocenters. The largest absolute Gasteiger partial charge is 0.302 e. The Labute approximate surface area is 182 Å². The first-order valence-corrected chi connectivity index (χ1v) is 11.8. The van der Waals surface area contributed by atoms with Crippen LogP contribution in [-0.4, -0.2) is 17.5 Å². The number of hydrogen-bond acceptors (Lipinski definition) is 2. The van der Waals surface area contributed by atoms with Crippen LogP contribution in [-0.2, 0) is 22.2 Å². The lowest BCUT2D eigenvalue weighted by molar-refractivity contribution is 0.562. The lowest BCUT2D eigenvalue weighted by atomic mass is 9.94. The van der Waals surface area contributed by atoms with Crippen molar-refractivity contribution in [1.82, 2.24) is 0 Å². The van der Waals surface area contributed by atoms with Gasteiger partial charge in [0.05, 0.1) is 9.79 Å². The molecule has 0 saturated carbocycles. The minimum absolute atomic E-state index is 0.192. The monoisotopic (exact) mass is 538 g/mol. The first-order valence-electron chi connectivity index (χ1n) is 8.03. The van der Waals surface area contributed by atoms with Crippen molar-refractivity contribution in [2.45, 2.75) is 9.79 Å². The Bertz CT molecular complexity index is 1200. The molecule has 0 radical (unpaired) electrons. The second-order valence-corrected chi connectivity index (χ2v) is 9.81. The van der Waals surface area contributed by atoms with Crippen LogP contribution < -0.4 is 0 Å². The molecular weight excluding hydrogens is 528 g/mol. The van der Waals surface area contributed by atoms with Gasteiger partial charge in [0.1, 0.15) is 0 Å². The fraction of sp³-hybridized carbons (Fsp3) is 0. The summed E-state index contributed by atoms with van der Waals surface area (Å²) in [5.74, 6) is 0. The molecule has 0 heterocycles. The van der Waals surface area contributed by atoms with E-state index < -0.39 is 22.2 Å². The quantitative estimate of drug-likeness (QED) is 0.298. The van der Waals surface area contributed by atoms with E-state index in [4.69, 9.17) is 0 Å². The Morgan fingerprint density at radius 2 is 1.00 bits per heavy atom. The summed E-state index contributed by atoms with van der Waals surface area (Å²) in [5, 5.41) is 3.15. The van der Waals surface area contributed by atoms with Gasteiger partial charge < -0.3 is 9.11 Å². The molecule has 4 nitrogen and oxygen atoms in total. The maximum Gasteiger partial charge on any atom is 0.187 e. The van der Waals surface area contributed by atoms with Crippen LogP contribution in [0.25, 0.3) is 32.7 Å². The number of halogens is 2. The number of fused-ring (bicyclic) bond motifs is 2. The minimum Gasteiger partial charge on any atom is -0.302 e. The van der Waals surface area contributed by atoms with E-state index in [2.05, 4.69) is 31.9 Å². The third-order valence-corrected chi connectivity index (χ3v) is 6.93. The highest BCUT2D eigenvalue weighted by molar-refractivity contribution is 9.10. The van der Waals surface area contributed by atoms with Gasteiger partial charge in [0.15, 0.2) is 22.2 Å². The van der Waals surface area contributed by atoms with Gasteiger partial charge in [-0.3, -0.25) is 0 Å². The maximum atomic E-state index is 12.1. The first kappa shape index (κ1) is 19.9. The third-order valence-electron chi connectivity index (χ3n) is 4.51. The summed E-state index contributed by atoms with van der Waals surface area (Å²) in [6.45, 7) is 0. The number of hydrogen-bond donors (Lipinski definition) is 2. The van der Waals surface area contributed by atoms with E-state index in [1.165, 1.54) is 0 Å². The van der Waals surface area contributed by atoms with E-state index in [0.717, 1.165) is 30.5 Å². The van der Waals surface area contributed by atoms with Crippen molar-refractivity contribution in [3.63, 3.8) is 0 Å². The van der Waals surface area contributed by atoms with Gasteiger partial charge in [-0.15, -0.1) is 0 Å². The molecule has 0 aliphatic carbocycles. The second-order valence-electron chi connectivity index (χ2n) is 6.11. The van der Waals surface area contributed by atoms with Gasteiger partial charge >= 0.3 is 0 Å². The van der Waals surface area contributed by atoms with E-state index >= 15 is 0 Å². The molecule has 4 aromatic rings. The van der Waals surface area contributed by atoms with Crippen LogP contribution in [0, 0.1) is 0 Å². The molecule has 0 bridgehead atoms. The first-order chi connectivity index (χ1) is 13.4. The molecule has 142 valence electrons. The molecule has 2 N–H and O–H groups in total. The van der Waals surface area contributed by atoms with Crippen LogP contribution in [0.15, 0.2) is 79.4 Å². The lowest BCUT2D eigenvalue weighted by Gasteiger charge is -2.17. The molecule has 4 rings (SSSR count). The molecule has 0 amide bonds. The highest BCUT2D eigenvalue weighted by Gasteiger charge is 2.21. The minimum atomic E-state index is -2.27. The Hall–Kier alpha value is -1.42. The second kappa shape index (κ2) is 7.78. The zero-order valence-electron chi connectivity index (χ0n) is 14.1. The number of rotatable bonds is 3. The van der Waals surface area contributed by atoms with Crippen LogP contribution in [0.3, 0.4) is 0 Å². The van der Waals surface area contributed by atoms with Crippen molar-refractivity contribution in [3.8, 4) is 11.1 Å². The molecule has 8 heteroatoms. The van der Waals surface area contributed by atoms with Gasteiger partial charge in [0, 0.05) is 20.1 Å². The van der Waals surface area contributed by atoms with Crippen molar-refractivity contribution in [2.75, 3.05) is 0 Å². The predicted molar refractivity (Wildman–Crippen MR) is 120 cm³/mol. The average Bonchev–Trinajstić information content (AvgIpc) is 2.65. The Morgan fingerprint density at radius 1 is 0.607 bits per heavy atom. The summed E-state index contributed by atoms with van der Waals surface area (Å²) in [5.41, 5.74) is 0.965. The standard InChI is InChI=1S/C20H12Br2O4S2/c21-13-3-5-15-11(9-13)1-7-17(27(23)24)19(15)20-16-6-4-14(22)10-12(16)2-8-18(20)28(25)26/h1-10H,(H,23,24)(H,25,26). The molecule has 0 fully saturated rings. The zero-order chi connectivity index (χ0) is 20.0. The smallest absolute Gasteiger partial charge is 0.187 e. The van der Waals surface area contributed by atoms with Crippen LogP contribution >= 0.6 is 31.9 Å². The van der Waals surface area contributed by atoms with Crippen molar-refractivity contribution < 1.29 is 17.5 Å². The van der Waals surface area contributed by atoms with Gasteiger partial charge in [-0.05, 0) is 57.9 Å². The molecule has 0 spiro atoms. The normalized spacial score (nSPS) is 13.7. The summed E-state index contributed by atoms with van der Waals surface area (Å²) in [4.78, 5) is 0.383. The van der Waals surface area contributed by atoms with E-state index in [9.17, 15) is 17.5 Å². The molecule has 4 aromatic carbocycles.